The van der Waals surface area contributed by atoms with Crippen LogP contribution in [-0.2, 0) is 9.53 Å². The van der Waals surface area contributed by atoms with Gasteiger partial charge in [-0.1, -0.05) is 0 Å². The van der Waals surface area contributed by atoms with E-state index < -0.39 is 0 Å². The fraction of sp³-hybridized carbons (Fsp3) is 0.615. The molecule has 2 heterocycles. The fourth-order valence-corrected chi connectivity index (χ4v) is 3.43. The van der Waals surface area contributed by atoms with Crippen molar-refractivity contribution in [2.45, 2.75) is 26.2 Å². The van der Waals surface area contributed by atoms with Crippen LogP contribution >= 0.6 is 11.3 Å². The van der Waals surface area contributed by atoms with Crippen molar-refractivity contribution in [3.05, 3.63) is 21.9 Å². The molecule has 1 saturated heterocycles. The van der Waals surface area contributed by atoms with Crippen LogP contribution in [-0.4, -0.2) is 25.7 Å². The summed E-state index contributed by atoms with van der Waals surface area (Å²) in [6, 6.07) is 4.28. The summed E-state index contributed by atoms with van der Waals surface area (Å²) in [6.07, 6.45) is 1.02. The highest BCUT2D eigenvalue weighted by molar-refractivity contribution is 7.12. The monoisotopic (exact) mass is 253 g/mol. The van der Waals surface area contributed by atoms with Crippen LogP contribution in [0.25, 0.3) is 0 Å². The van der Waals surface area contributed by atoms with Crippen molar-refractivity contribution < 1.29 is 9.53 Å². The Morgan fingerprint density at radius 2 is 2.41 bits per heavy atom. The average molecular weight is 253 g/mol. The Morgan fingerprint density at radius 1 is 1.59 bits per heavy atom. The van der Waals surface area contributed by atoms with Gasteiger partial charge in [0.1, 0.15) is 0 Å². The van der Waals surface area contributed by atoms with Crippen molar-refractivity contribution >= 4 is 17.3 Å². The first kappa shape index (κ1) is 12.6. The van der Waals surface area contributed by atoms with Gasteiger partial charge in [0.05, 0.1) is 12.5 Å². The molecule has 2 unspecified atom stereocenters. The van der Waals surface area contributed by atoms with Crippen LogP contribution in [0.1, 0.15) is 29.0 Å². The molecule has 17 heavy (non-hydrogen) atoms. The van der Waals surface area contributed by atoms with Crippen LogP contribution in [0.2, 0.25) is 0 Å². The van der Waals surface area contributed by atoms with Crippen molar-refractivity contribution in [2.24, 2.45) is 5.92 Å². The molecular weight excluding hydrogens is 234 g/mol. The number of rotatable bonds is 3. The maximum Gasteiger partial charge on any atom is 0.310 e. The Morgan fingerprint density at radius 3 is 3.06 bits per heavy atom. The number of nitrogens with one attached hydrogen (secondary N) is 1. The van der Waals surface area contributed by atoms with E-state index in [1.807, 2.05) is 6.92 Å². The number of aryl methyl sites for hydroxylation is 1. The Labute approximate surface area is 106 Å². The molecule has 1 fully saturated rings. The number of hydrogen-bond acceptors (Lipinski definition) is 4. The minimum atomic E-state index is -0.0595. The van der Waals surface area contributed by atoms with E-state index >= 15 is 0 Å². The molecule has 0 aliphatic carbocycles. The Hall–Kier alpha value is -0.870. The van der Waals surface area contributed by atoms with Gasteiger partial charge in [0.15, 0.2) is 0 Å². The molecule has 1 aromatic heterocycles. The summed E-state index contributed by atoms with van der Waals surface area (Å²) in [7, 11) is 0. The number of ether oxygens (including phenoxy) is 1. The molecule has 0 aromatic carbocycles. The highest BCUT2D eigenvalue weighted by atomic mass is 32.1. The van der Waals surface area contributed by atoms with Crippen molar-refractivity contribution in [3.63, 3.8) is 0 Å². The fourth-order valence-electron chi connectivity index (χ4n) is 2.35. The molecule has 4 heteroatoms. The zero-order chi connectivity index (χ0) is 12.3. The number of carbonyl (C=O) groups is 1. The summed E-state index contributed by atoms with van der Waals surface area (Å²) in [5.74, 6) is 0.242. The first-order chi connectivity index (χ1) is 8.22. The van der Waals surface area contributed by atoms with Crippen LogP contribution in [0.3, 0.4) is 0 Å². The second kappa shape index (κ2) is 5.65. The molecule has 1 aliphatic heterocycles. The van der Waals surface area contributed by atoms with Gasteiger partial charge in [-0.15, -0.1) is 11.3 Å². The van der Waals surface area contributed by atoms with Gasteiger partial charge in [0, 0.05) is 22.2 Å². The van der Waals surface area contributed by atoms with Gasteiger partial charge in [-0.25, -0.2) is 0 Å². The van der Waals surface area contributed by atoms with Crippen molar-refractivity contribution in [3.8, 4) is 0 Å². The van der Waals surface area contributed by atoms with E-state index in [1.54, 1.807) is 11.3 Å². The molecule has 0 bridgehead atoms. The lowest BCUT2D eigenvalue weighted by atomic mass is 9.85. The van der Waals surface area contributed by atoms with E-state index in [-0.39, 0.29) is 11.9 Å². The first-order valence-electron chi connectivity index (χ1n) is 6.16. The molecular formula is C13H19NO2S. The van der Waals surface area contributed by atoms with E-state index in [0.29, 0.717) is 12.5 Å². The third-order valence-corrected chi connectivity index (χ3v) is 4.33. The van der Waals surface area contributed by atoms with Gasteiger partial charge in [-0.3, -0.25) is 4.79 Å². The van der Waals surface area contributed by atoms with Gasteiger partial charge in [-0.05, 0) is 38.9 Å². The molecule has 0 radical (unpaired) electrons. The summed E-state index contributed by atoms with van der Waals surface area (Å²) in [5, 5.41) is 3.28. The van der Waals surface area contributed by atoms with Gasteiger partial charge >= 0.3 is 5.97 Å². The minimum absolute atomic E-state index is 0.0262. The molecule has 1 N–H and O–H groups in total. The van der Waals surface area contributed by atoms with E-state index in [4.69, 9.17) is 4.74 Å². The lowest BCUT2D eigenvalue weighted by Gasteiger charge is -2.29. The predicted octanol–water partition coefficient (Wildman–Crippen LogP) is 2.31. The highest BCUT2D eigenvalue weighted by Crippen LogP contribution is 2.35. The number of thiophene rings is 1. The maximum absolute atomic E-state index is 11.9. The molecule has 94 valence electrons. The van der Waals surface area contributed by atoms with Gasteiger partial charge in [-0.2, -0.15) is 0 Å². The van der Waals surface area contributed by atoms with Gasteiger partial charge < -0.3 is 10.1 Å². The molecule has 1 aliphatic rings. The number of carbonyl (C=O) groups excluding carboxylic acids is 1. The average Bonchev–Trinajstić information content (AvgIpc) is 2.76. The summed E-state index contributed by atoms with van der Waals surface area (Å²) >= 11 is 1.80. The van der Waals surface area contributed by atoms with E-state index in [2.05, 4.69) is 24.4 Å². The molecule has 2 atom stereocenters. The van der Waals surface area contributed by atoms with E-state index in [1.165, 1.54) is 9.75 Å². The normalized spacial score (nSPS) is 24.6. The SMILES string of the molecule is CCOC(=O)C1CNCCC1c1ccc(C)s1. The number of piperidine rings is 1. The third kappa shape index (κ3) is 2.87. The predicted molar refractivity (Wildman–Crippen MR) is 69.4 cm³/mol. The summed E-state index contributed by atoms with van der Waals surface area (Å²) in [6.45, 7) is 6.15. The zero-order valence-electron chi connectivity index (χ0n) is 10.4. The Bertz CT molecular complexity index is 389. The largest absolute Gasteiger partial charge is 0.466 e. The van der Waals surface area contributed by atoms with Crippen LogP contribution in [0.5, 0.6) is 0 Å². The van der Waals surface area contributed by atoms with Crippen LogP contribution < -0.4 is 5.32 Å². The molecule has 2 rings (SSSR count). The first-order valence-corrected chi connectivity index (χ1v) is 6.97. The smallest absolute Gasteiger partial charge is 0.310 e. The zero-order valence-corrected chi connectivity index (χ0v) is 11.2. The van der Waals surface area contributed by atoms with E-state index in [9.17, 15) is 4.79 Å². The van der Waals surface area contributed by atoms with Crippen LogP contribution in [0.15, 0.2) is 12.1 Å². The molecule has 0 amide bonds. The lowest BCUT2D eigenvalue weighted by molar-refractivity contribution is -0.149. The second-order valence-corrected chi connectivity index (χ2v) is 5.73. The van der Waals surface area contributed by atoms with Crippen LogP contribution in [0.4, 0.5) is 0 Å². The Kier molecular flexibility index (Phi) is 4.18. The number of esters is 1. The van der Waals surface area contributed by atoms with E-state index in [0.717, 1.165) is 19.5 Å². The highest BCUT2D eigenvalue weighted by Gasteiger charge is 2.33. The maximum atomic E-state index is 11.9. The molecule has 0 spiro atoms. The molecule has 1 aromatic rings. The van der Waals surface area contributed by atoms with Crippen LogP contribution in [0, 0.1) is 12.8 Å². The van der Waals surface area contributed by atoms with Crippen molar-refractivity contribution in [1.29, 1.82) is 0 Å². The topological polar surface area (TPSA) is 38.3 Å². The summed E-state index contributed by atoms with van der Waals surface area (Å²) in [5.41, 5.74) is 0. The van der Waals surface area contributed by atoms with Gasteiger partial charge in [0.2, 0.25) is 0 Å². The van der Waals surface area contributed by atoms with Crippen molar-refractivity contribution in [1.82, 2.24) is 5.32 Å². The lowest BCUT2D eigenvalue weighted by Crippen LogP contribution is -2.40. The minimum Gasteiger partial charge on any atom is -0.466 e. The quantitative estimate of drug-likeness (QED) is 0.840. The third-order valence-electron chi connectivity index (χ3n) is 3.20. The molecule has 0 saturated carbocycles. The second-order valence-electron chi connectivity index (χ2n) is 4.41. The number of hydrogen-bond donors (Lipinski definition) is 1. The summed E-state index contributed by atoms with van der Waals surface area (Å²) < 4.78 is 5.17. The van der Waals surface area contributed by atoms with Crippen molar-refractivity contribution in [2.75, 3.05) is 19.7 Å². The summed E-state index contributed by atoms with van der Waals surface area (Å²) in [4.78, 5) is 14.6. The standard InChI is InChI=1S/C13H19NO2S/c1-3-16-13(15)11-8-14-7-6-10(11)12-5-4-9(2)17-12/h4-5,10-11,14H,3,6-8H2,1-2H3. The molecule has 3 nitrogen and oxygen atoms in total. The Balaban J connectivity index is 2.14. The van der Waals surface area contributed by atoms with Gasteiger partial charge in [0.25, 0.3) is 0 Å².